The molecule has 2 bridgehead atoms. The molecule has 1 spiro atoms. The van der Waals surface area contributed by atoms with Gasteiger partial charge >= 0.3 is 12.1 Å². The van der Waals surface area contributed by atoms with Crippen LogP contribution in [0.3, 0.4) is 0 Å². The van der Waals surface area contributed by atoms with Crippen molar-refractivity contribution >= 4 is 18.0 Å². The molecule has 7 rings (SSSR count). The van der Waals surface area contributed by atoms with Crippen LogP contribution >= 0.6 is 0 Å². The zero-order valence-electron chi connectivity index (χ0n) is 25.2. The molecule has 10 heteroatoms. The third-order valence-corrected chi connectivity index (χ3v) is 11.4. The Morgan fingerprint density at radius 3 is 2.59 bits per heavy atom. The Morgan fingerprint density at radius 1 is 1.18 bits per heavy atom. The van der Waals surface area contributed by atoms with Gasteiger partial charge in [0.25, 0.3) is 5.91 Å². The number of carbonyl (C=O) groups is 2. The Bertz CT molecular complexity index is 1470. The highest BCUT2D eigenvalue weighted by atomic mass is 19.4. The summed E-state index contributed by atoms with van der Waals surface area (Å²) in [5, 5.41) is 14.1. The number of nitrogens with one attached hydrogen (secondary N) is 1. The first-order valence-electron chi connectivity index (χ1n) is 16.0. The molecule has 0 radical (unpaired) electrons. The molecular weight excluding hydrogens is 573 g/mol. The van der Waals surface area contributed by atoms with Gasteiger partial charge in [0, 0.05) is 48.7 Å². The van der Waals surface area contributed by atoms with Crippen molar-refractivity contribution in [2.24, 2.45) is 17.3 Å². The smallest absolute Gasteiger partial charge is 0.421 e. The Labute approximate surface area is 255 Å². The van der Waals surface area contributed by atoms with E-state index in [-0.39, 0.29) is 23.3 Å². The molecule has 6 aliphatic rings. The van der Waals surface area contributed by atoms with Crippen LogP contribution in [0, 0.1) is 17.3 Å². The van der Waals surface area contributed by atoms with Crippen LogP contribution < -0.4 is 5.32 Å². The number of likely N-dealkylation sites (tertiary alicyclic amines) is 1. The van der Waals surface area contributed by atoms with Gasteiger partial charge in [0.15, 0.2) is 0 Å². The van der Waals surface area contributed by atoms with Gasteiger partial charge in [-0.3, -0.25) is 9.59 Å². The van der Waals surface area contributed by atoms with Crippen molar-refractivity contribution in [3.8, 4) is 0 Å². The summed E-state index contributed by atoms with van der Waals surface area (Å²) in [7, 11) is 0. The van der Waals surface area contributed by atoms with E-state index in [0.717, 1.165) is 79.9 Å². The number of nitrogens with zero attached hydrogens (tertiary/aromatic N) is 1. The molecule has 4 aliphatic carbocycles. The summed E-state index contributed by atoms with van der Waals surface area (Å²) in [5.41, 5.74) is -2.25. The van der Waals surface area contributed by atoms with Crippen LogP contribution in [-0.4, -0.2) is 71.3 Å². The number of alkyl halides is 3. The van der Waals surface area contributed by atoms with E-state index in [1.807, 2.05) is 0 Å². The third kappa shape index (κ3) is 4.46. The van der Waals surface area contributed by atoms with Crippen LogP contribution in [0.2, 0.25) is 0 Å². The number of esters is 1. The molecule has 236 valence electrons. The lowest BCUT2D eigenvalue weighted by Crippen LogP contribution is -2.71. The zero-order chi connectivity index (χ0) is 31.1. The summed E-state index contributed by atoms with van der Waals surface area (Å²) in [6, 6.07) is 8.06. The molecule has 2 aliphatic heterocycles. The van der Waals surface area contributed by atoms with E-state index in [1.54, 1.807) is 18.2 Å². The lowest BCUT2D eigenvalue weighted by atomic mass is 9.49. The van der Waals surface area contributed by atoms with Crippen LogP contribution in [0.25, 0.3) is 6.08 Å². The van der Waals surface area contributed by atoms with Crippen molar-refractivity contribution < 1.29 is 41.8 Å². The molecule has 2 saturated heterocycles. The first-order chi connectivity index (χ1) is 20.9. The predicted octanol–water partition coefficient (Wildman–Crippen LogP) is 5.74. The molecule has 2 N–H and O–H groups in total. The summed E-state index contributed by atoms with van der Waals surface area (Å²) >= 11 is 0. The van der Waals surface area contributed by atoms with Crippen molar-refractivity contribution in [1.29, 1.82) is 0 Å². The van der Waals surface area contributed by atoms with Gasteiger partial charge in [0.2, 0.25) is 5.72 Å². The predicted molar refractivity (Wildman–Crippen MR) is 156 cm³/mol. The molecule has 4 fully saturated rings. The lowest BCUT2D eigenvalue weighted by molar-refractivity contribution is -0.963. The molecule has 7 nitrogen and oxygen atoms in total. The second-order valence-corrected chi connectivity index (χ2v) is 13.7. The molecule has 0 aromatic heterocycles. The van der Waals surface area contributed by atoms with E-state index in [2.05, 4.69) is 12.2 Å². The minimum atomic E-state index is -5.00. The average molecular weight is 614 g/mol. The number of quaternary nitrogens is 1. The molecule has 44 heavy (non-hydrogen) atoms. The normalized spacial score (nSPS) is 37.7. The molecule has 1 aromatic carbocycles. The number of allylic oxidation sites excluding steroid dienone is 1. The molecule has 1 aromatic rings. The van der Waals surface area contributed by atoms with Crippen LogP contribution in [0.4, 0.5) is 13.2 Å². The number of carbonyl (C=O) groups excluding carboxylic acids is 2. The molecule has 1 amide bonds. The largest absolute Gasteiger partial charge is 0.508 e. The van der Waals surface area contributed by atoms with Crippen molar-refractivity contribution in [2.45, 2.75) is 88.9 Å². The Kier molecular flexibility index (Phi) is 6.86. The lowest BCUT2D eigenvalue weighted by Gasteiger charge is -2.63. The average Bonchev–Trinajstić information content (AvgIpc) is 3.72. The van der Waals surface area contributed by atoms with Crippen LogP contribution in [0.15, 0.2) is 58.9 Å². The van der Waals surface area contributed by atoms with E-state index < -0.39 is 40.9 Å². The van der Waals surface area contributed by atoms with Gasteiger partial charge in [-0.2, -0.15) is 13.2 Å². The first kappa shape index (κ1) is 29.6. The molecule has 7 atom stereocenters. The first-order valence-corrected chi connectivity index (χ1v) is 16.0. The van der Waals surface area contributed by atoms with Crippen molar-refractivity contribution in [1.82, 2.24) is 5.32 Å². The van der Waals surface area contributed by atoms with E-state index in [0.29, 0.717) is 12.5 Å². The number of hydrogen-bond donors (Lipinski definition) is 2. The summed E-state index contributed by atoms with van der Waals surface area (Å²) in [5.74, 6) is -1.42. The van der Waals surface area contributed by atoms with Crippen molar-refractivity contribution in [2.75, 3.05) is 19.6 Å². The van der Waals surface area contributed by atoms with Crippen LogP contribution in [-0.2, 0) is 19.1 Å². The molecule has 2 saturated carbocycles. The van der Waals surface area contributed by atoms with Gasteiger partial charge in [-0.05, 0) is 49.8 Å². The third-order valence-electron chi connectivity index (χ3n) is 11.4. The van der Waals surface area contributed by atoms with Gasteiger partial charge in [0.05, 0.1) is 31.8 Å². The number of hydrogen-bond acceptors (Lipinski definition) is 5. The fourth-order valence-corrected chi connectivity index (χ4v) is 9.55. The van der Waals surface area contributed by atoms with Gasteiger partial charge in [-0.25, -0.2) is 0 Å². The van der Waals surface area contributed by atoms with E-state index >= 15 is 0 Å². The minimum Gasteiger partial charge on any atom is -0.508 e. The number of amides is 1. The maximum absolute atomic E-state index is 14.3. The highest BCUT2D eigenvalue weighted by Crippen LogP contribution is 2.68. The number of benzene rings is 1. The fourth-order valence-electron chi connectivity index (χ4n) is 9.55. The molecule has 2 heterocycles. The van der Waals surface area contributed by atoms with Crippen LogP contribution in [0.5, 0.6) is 0 Å². The SMILES string of the molecule is CC[N+]1(CC2CC2)CC[C@@]23C4=C5C[C@@H]1[C@@H]2CCC[C@@H]3OC4C(NC(=O)C(=Cc1ccccc1)C(F)(F)F)(OC(C)=O)C=C5O. The number of piperidine rings is 1. The second kappa shape index (κ2) is 10.2. The highest BCUT2D eigenvalue weighted by molar-refractivity contribution is 6.00. The standard InChI is InChI=1S/C34H39F3N2O5/c1-3-39(19-22-12-13-22)15-14-32-24-10-7-11-28(32)43-30-29(32)23(17-26(24)39)27(41)18-33(30,44-20(2)40)38-31(42)25(34(35,36)37)16-21-8-5-4-6-9-21/h4-6,8-9,16,18,22,24,26,28,30H,3,7,10-15,17,19H2,1-2H3,(H-,38,41,42)/p+1/t24-,26+,28-,30?,32+,33?,39?/m0/s1. The number of halogens is 3. The van der Waals surface area contributed by atoms with Gasteiger partial charge < -0.3 is 24.4 Å². The number of rotatable bonds is 7. The van der Waals surface area contributed by atoms with E-state index in [1.165, 1.54) is 31.1 Å². The Morgan fingerprint density at radius 2 is 1.93 bits per heavy atom. The summed E-state index contributed by atoms with van der Waals surface area (Å²) in [4.78, 5) is 26.2. The number of aliphatic hydroxyl groups is 1. The second-order valence-electron chi connectivity index (χ2n) is 13.7. The van der Waals surface area contributed by atoms with Crippen LogP contribution in [0.1, 0.15) is 64.4 Å². The number of ether oxygens (including phenoxy) is 2. The maximum Gasteiger partial charge on any atom is 0.421 e. The summed E-state index contributed by atoms with van der Waals surface area (Å²) in [6.07, 6.45) is 2.40. The summed E-state index contributed by atoms with van der Waals surface area (Å²) < 4.78 is 56.5. The fraction of sp³-hybridized carbons (Fsp3) is 0.588. The van der Waals surface area contributed by atoms with Crippen molar-refractivity contribution in [3.63, 3.8) is 0 Å². The van der Waals surface area contributed by atoms with Gasteiger partial charge in [-0.15, -0.1) is 0 Å². The van der Waals surface area contributed by atoms with E-state index in [9.17, 15) is 27.9 Å². The topological polar surface area (TPSA) is 84.9 Å². The quantitative estimate of drug-likeness (QED) is 0.178. The Balaban J connectivity index is 1.32. The minimum absolute atomic E-state index is 0.154. The maximum atomic E-state index is 14.3. The highest BCUT2D eigenvalue weighted by Gasteiger charge is 2.72. The van der Waals surface area contributed by atoms with Crippen molar-refractivity contribution in [3.05, 3.63) is 64.4 Å². The van der Waals surface area contributed by atoms with E-state index in [4.69, 9.17) is 9.47 Å². The molecule has 3 unspecified atom stereocenters. The summed E-state index contributed by atoms with van der Waals surface area (Å²) in [6.45, 7) is 6.51. The van der Waals surface area contributed by atoms with Gasteiger partial charge in [0.1, 0.15) is 17.4 Å². The van der Waals surface area contributed by atoms with Gasteiger partial charge in [-0.1, -0.05) is 36.8 Å². The number of aliphatic hydroxyl groups excluding tert-OH is 1. The molecular formula is C34H40F3N2O5+. The Hall–Kier alpha value is -3.11. The zero-order valence-corrected chi connectivity index (χ0v) is 25.2. The monoisotopic (exact) mass is 613 g/mol.